The molecule has 10 heteroatoms. The lowest BCUT2D eigenvalue weighted by Gasteiger charge is -2.23. The Hall–Kier alpha value is -2.52. The number of benzene rings is 1. The summed E-state index contributed by atoms with van der Waals surface area (Å²) >= 11 is 7.37. The van der Waals surface area contributed by atoms with Gasteiger partial charge < -0.3 is 9.64 Å². The molecule has 28 heavy (non-hydrogen) atoms. The number of nitrogens with zero attached hydrogens (tertiary/aromatic N) is 3. The first-order chi connectivity index (χ1) is 13.2. The highest BCUT2D eigenvalue weighted by Gasteiger charge is 2.22. The molecule has 0 N–H and O–H groups in total. The summed E-state index contributed by atoms with van der Waals surface area (Å²) in [4.78, 5) is 40.7. The van der Waals surface area contributed by atoms with Crippen LogP contribution in [-0.2, 0) is 11.3 Å². The van der Waals surface area contributed by atoms with E-state index in [0.717, 1.165) is 12.5 Å². The van der Waals surface area contributed by atoms with Gasteiger partial charge in [-0.3, -0.25) is 14.9 Å². The lowest BCUT2D eigenvalue weighted by atomic mass is 10.1. The number of carbonyl (C=O) groups excluding carboxylic acids is 2. The van der Waals surface area contributed by atoms with E-state index in [0.29, 0.717) is 17.5 Å². The van der Waals surface area contributed by atoms with Gasteiger partial charge >= 0.3 is 5.97 Å². The molecule has 0 atom stereocenters. The molecule has 0 aliphatic rings. The molecule has 0 saturated heterocycles. The summed E-state index contributed by atoms with van der Waals surface area (Å²) in [6.45, 7) is 4.73. The average Bonchev–Trinajstić information content (AvgIpc) is 3.12. The van der Waals surface area contributed by atoms with E-state index in [2.05, 4.69) is 9.72 Å². The van der Waals surface area contributed by atoms with E-state index in [4.69, 9.17) is 11.6 Å². The molecule has 2 rings (SSSR count). The van der Waals surface area contributed by atoms with E-state index in [1.54, 1.807) is 10.3 Å². The van der Waals surface area contributed by atoms with E-state index < -0.39 is 10.9 Å². The van der Waals surface area contributed by atoms with Crippen molar-refractivity contribution in [1.29, 1.82) is 0 Å². The van der Waals surface area contributed by atoms with Crippen molar-refractivity contribution in [3.63, 3.8) is 0 Å². The summed E-state index contributed by atoms with van der Waals surface area (Å²) in [6.07, 6.45) is 0.756. The van der Waals surface area contributed by atoms with Crippen molar-refractivity contribution in [1.82, 2.24) is 9.88 Å². The number of hydrogen-bond acceptors (Lipinski definition) is 7. The van der Waals surface area contributed by atoms with E-state index in [1.807, 2.05) is 13.8 Å². The van der Waals surface area contributed by atoms with Crippen LogP contribution in [0.1, 0.15) is 46.1 Å². The van der Waals surface area contributed by atoms with Crippen LogP contribution in [0.15, 0.2) is 23.6 Å². The summed E-state index contributed by atoms with van der Waals surface area (Å²) in [7, 11) is 1.27. The number of ether oxygens (including phenoxy) is 1. The Balaban J connectivity index is 2.26. The molecule has 0 bridgehead atoms. The summed E-state index contributed by atoms with van der Waals surface area (Å²) < 4.78 is 4.65. The van der Waals surface area contributed by atoms with Gasteiger partial charge in [0.25, 0.3) is 11.6 Å². The molecule has 8 nitrogen and oxygen atoms in total. The maximum Gasteiger partial charge on any atom is 0.357 e. The van der Waals surface area contributed by atoms with Crippen molar-refractivity contribution in [2.24, 2.45) is 5.92 Å². The van der Waals surface area contributed by atoms with Crippen LogP contribution in [0.25, 0.3) is 0 Å². The standard InChI is InChI=1S/C18H20ClN3O5S/c1-11(2)6-7-21(9-16-20-15(10-28-16)18(24)27-3)17(23)13-5-4-12(22(25)26)8-14(13)19/h4-5,8,10-11H,6-7,9H2,1-3H3. The van der Waals surface area contributed by atoms with Gasteiger partial charge in [-0.25, -0.2) is 9.78 Å². The number of thiazole rings is 1. The molecule has 1 aromatic carbocycles. The molecular weight excluding hydrogens is 406 g/mol. The molecule has 1 aromatic heterocycles. The lowest BCUT2D eigenvalue weighted by Crippen LogP contribution is -2.32. The molecule has 0 aliphatic carbocycles. The normalized spacial score (nSPS) is 10.8. The van der Waals surface area contributed by atoms with Crippen LogP contribution in [-0.4, -0.2) is 40.3 Å². The number of amides is 1. The monoisotopic (exact) mass is 425 g/mol. The fourth-order valence-corrected chi connectivity index (χ4v) is 3.41. The van der Waals surface area contributed by atoms with Crippen LogP contribution in [0.5, 0.6) is 0 Å². The Bertz CT molecular complexity index is 884. The van der Waals surface area contributed by atoms with E-state index >= 15 is 0 Å². The van der Waals surface area contributed by atoms with Gasteiger partial charge in [-0.05, 0) is 18.4 Å². The first-order valence-electron chi connectivity index (χ1n) is 8.48. The molecule has 0 unspecified atom stereocenters. The predicted molar refractivity (Wildman–Crippen MR) is 106 cm³/mol. The summed E-state index contributed by atoms with van der Waals surface area (Å²) in [5.74, 6) is -0.527. The molecule has 0 fully saturated rings. The number of nitro groups is 1. The molecule has 0 radical (unpaired) electrons. The van der Waals surface area contributed by atoms with Crippen LogP contribution >= 0.6 is 22.9 Å². The Kier molecular flexibility index (Phi) is 7.47. The molecule has 0 spiro atoms. The van der Waals surface area contributed by atoms with Crippen molar-refractivity contribution in [3.05, 3.63) is 55.0 Å². The molecule has 0 saturated carbocycles. The number of carbonyl (C=O) groups is 2. The van der Waals surface area contributed by atoms with Gasteiger partial charge in [-0.15, -0.1) is 11.3 Å². The topological polar surface area (TPSA) is 103 Å². The number of methoxy groups -OCH3 is 1. The Morgan fingerprint density at radius 3 is 2.68 bits per heavy atom. The molecule has 0 aliphatic heterocycles. The third kappa shape index (κ3) is 5.49. The number of aromatic nitrogens is 1. The first kappa shape index (κ1) is 21.8. The highest BCUT2D eigenvalue weighted by molar-refractivity contribution is 7.09. The fraction of sp³-hybridized carbons (Fsp3) is 0.389. The van der Waals surface area contributed by atoms with Gasteiger partial charge in [0.15, 0.2) is 5.69 Å². The van der Waals surface area contributed by atoms with Crippen LogP contribution in [0.4, 0.5) is 5.69 Å². The highest BCUT2D eigenvalue weighted by atomic mass is 35.5. The van der Waals surface area contributed by atoms with E-state index in [-0.39, 0.29) is 34.4 Å². The Labute approximate surface area is 171 Å². The summed E-state index contributed by atoms with van der Waals surface area (Å²) in [5, 5.41) is 13.0. The molecule has 1 heterocycles. The Morgan fingerprint density at radius 1 is 1.39 bits per heavy atom. The van der Waals surface area contributed by atoms with E-state index in [9.17, 15) is 19.7 Å². The SMILES string of the molecule is COC(=O)c1csc(CN(CCC(C)C)C(=O)c2ccc([N+](=O)[O-])cc2Cl)n1. The van der Waals surface area contributed by atoms with Crippen LogP contribution in [0, 0.1) is 16.0 Å². The molecule has 2 aromatic rings. The van der Waals surface area contributed by atoms with E-state index in [1.165, 1.54) is 30.6 Å². The summed E-state index contributed by atoms with van der Waals surface area (Å²) in [5.41, 5.74) is 0.186. The Morgan fingerprint density at radius 2 is 2.11 bits per heavy atom. The first-order valence-corrected chi connectivity index (χ1v) is 9.74. The number of hydrogen-bond donors (Lipinski definition) is 0. The van der Waals surface area contributed by atoms with Gasteiger partial charge in [0, 0.05) is 24.1 Å². The highest BCUT2D eigenvalue weighted by Crippen LogP contribution is 2.25. The van der Waals surface area contributed by atoms with Crippen LogP contribution in [0.3, 0.4) is 0 Å². The third-order valence-electron chi connectivity index (χ3n) is 3.93. The average molecular weight is 426 g/mol. The summed E-state index contributed by atoms with van der Waals surface area (Å²) in [6, 6.07) is 3.76. The predicted octanol–water partition coefficient (Wildman–Crippen LogP) is 4.18. The number of rotatable bonds is 8. The number of esters is 1. The fourth-order valence-electron chi connectivity index (χ4n) is 2.37. The van der Waals surface area contributed by atoms with Crippen molar-refractivity contribution in [3.8, 4) is 0 Å². The zero-order valence-corrected chi connectivity index (χ0v) is 17.2. The third-order valence-corrected chi connectivity index (χ3v) is 5.08. The zero-order chi connectivity index (χ0) is 20.8. The second kappa shape index (κ2) is 9.61. The second-order valence-electron chi connectivity index (χ2n) is 6.45. The number of nitro benzene ring substituents is 1. The minimum atomic E-state index is -0.569. The minimum absolute atomic E-state index is 0.0168. The van der Waals surface area contributed by atoms with Crippen LogP contribution in [0.2, 0.25) is 5.02 Å². The lowest BCUT2D eigenvalue weighted by molar-refractivity contribution is -0.384. The molecular formula is C18H20ClN3O5S. The molecule has 150 valence electrons. The van der Waals surface area contributed by atoms with Gasteiger partial charge in [0.05, 0.1) is 29.2 Å². The smallest absolute Gasteiger partial charge is 0.357 e. The van der Waals surface area contributed by atoms with Gasteiger partial charge in [0.2, 0.25) is 0 Å². The molecule has 1 amide bonds. The number of non-ortho nitro benzene ring substituents is 1. The van der Waals surface area contributed by atoms with Crippen molar-refractivity contribution in [2.75, 3.05) is 13.7 Å². The van der Waals surface area contributed by atoms with Gasteiger partial charge in [-0.2, -0.15) is 0 Å². The maximum absolute atomic E-state index is 13.0. The largest absolute Gasteiger partial charge is 0.464 e. The van der Waals surface area contributed by atoms with Gasteiger partial charge in [0.1, 0.15) is 5.01 Å². The second-order valence-corrected chi connectivity index (χ2v) is 7.80. The minimum Gasteiger partial charge on any atom is -0.464 e. The van der Waals surface area contributed by atoms with Crippen LogP contribution < -0.4 is 0 Å². The number of halogens is 1. The zero-order valence-electron chi connectivity index (χ0n) is 15.7. The quantitative estimate of drug-likeness (QED) is 0.357. The van der Waals surface area contributed by atoms with Crippen molar-refractivity contribution < 1.29 is 19.2 Å². The van der Waals surface area contributed by atoms with Gasteiger partial charge in [-0.1, -0.05) is 25.4 Å². The van der Waals surface area contributed by atoms with Crippen molar-refractivity contribution >= 4 is 40.5 Å². The van der Waals surface area contributed by atoms with Crippen molar-refractivity contribution in [2.45, 2.75) is 26.8 Å². The maximum atomic E-state index is 13.0.